The molecular formula is C24H18N2O7. The van der Waals surface area contributed by atoms with Gasteiger partial charge in [-0.3, -0.25) is 4.79 Å². The molecule has 166 valence electrons. The molecular weight excluding hydrogens is 428 g/mol. The number of hydrogen-bond donors (Lipinski definition) is 1. The average Bonchev–Trinajstić information content (AvgIpc) is 3.32. The first-order chi connectivity index (χ1) is 16.2. The standard InChI is InChI=1S/C24H18N2O7/c27-23(22-13-29-18-7-3-4-8-20(18)32-22)26-25-12-16-5-1-2-6-17(16)33-24(28)15-9-10-19-21(11-15)31-14-30-19/h1-12,22H,13-14H2,(H,26,27)/b25-12+/t22-/m1/s1. The van der Waals surface area contributed by atoms with Crippen LogP contribution in [0.1, 0.15) is 15.9 Å². The van der Waals surface area contributed by atoms with Gasteiger partial charge in [0.1, 0.15) is 12.4 Å². The van der Waals surface area contributed by atoms with Gasteiger partial charge in [-0.25, -0.2) is 10.2 Å². The van der Waals surface area contributed by atoms with Gasteiger partial charge in [0.05, 0.1) is 11.8 Å². The summed E-state index contributed by atoms with van der Waals surface area (Å²) in [5.41, 5.74) is 3.24. The Bertz CT molecular complexity index is 1240. The highest BCUT2D eigenvalue weighted by atomic mass is 16.7. The van der Waals surface area contributed by atoms with Gasteiger partial charge in [-0.15, -0.1) is 0 Å². The molecule has 0 bridgehead atoms. The van der Waals surface area contributed by atoms with Crippen LogP contribution in [-0.4, -0.2) is 37.6 Å². The summed E-state index contributed by atoms with van der Waals surface area (Å²) in [7, 11) is 0. The Balaban J connectivity index is 1.23. The molecule has 3 aromatic carbocycles. The van der Waals surface area contributed by atoms with Crippen LogP contribution in [0.25, 0.3) is 0 Å². The lowest BCUT2D eigenvalue weighted by atomic mass is 10.2. The first kappa shape index (κ1) is 20.4. The van der Waals surface area contributed by atoms with Gasteiger partial charge in [0.15, 0.2) is 23.0 Å². The number of ether oxygens (including phenoxy) is 5. The molecule has 33 heavy (non-hydrogen) atoms. The van der Waals surface area contributed by atoms with E-state index in [-0.39, 0.29) is 19.1 Å². The average molecular weight is 446 g/mol. The number of nitrogens with one attached hydrogen (secondary N) is 1. The number of carbonyl (C=O) groups excluding carboxylic acids is 2. The molecule has 3 aromatic rings. The van der Waals surface area contributed by atoms with Crippen molar-refractivity contribution in [1.82, 2.24) is 5.43 Å². The lowest BCUT2D eigenvalue weighted by Gasteiger charge is -2.24. The zero-order valence-electron chi connectivity index (χ0n) is 17.2. The third-order valence-electron chi connectivity index (χ3n) is 4.91. The van der Waals surface area contributed by atoms with Gasteiger partial charge < -0.3 is 23.7 Å². The smallest absolute Gasteiger partial charge is 0.343 e. The highest BCUT2D eigenvalue weighted by molar-refractivity contribution is 5.94. The van der Waals surface area contributed by atoms with Gasteiger partial charge in [-0.05, 0) is 42.5 Å². The van der Waals surface area contributed by atoms with Crippen LogP contribution in [0, 0.1) is 0 Å². The van der Waals surface area contributed by atoms with Crippen LogP contribution in [0.3, 0.4) is 0 Å². The molecule has 1 N–H and O–H groups in total. The summed E-state index contributed by atoms with van der Waals surface area (Å²) in [6, 6.07) is 18.7. The van der Waals surface area contributed by atoms with E-state index in [1.165, 1.54) is 6.21 Å². The fourth-order valence-corrected chi connectivity index (χ4v) is 3.25. The Kier molecular flexibility index (Phi) is 5.50. The molecule has 0 aromatic heterocycles. The van der Waals surface area contributed by atoms with E-state index in [4.69, 9.17) is 23.7 Å². The monoisotopic (exact) mass is 446 g/mol. The van der Waals surface area contributed by atoms with Crippen molar-refractivity contribution in [2.24, 2.45) is 5.10 Å². The molecule has 1 amide bonds. The first-order valence-electron chi connectivity index (χ1n) is 10.1. The summed E-state index contributed by atoms with van der Waals surface area (Å²) >= 11 is 0. The SMILES string of the molecule is O=C(Oc1ccccc1/C=N/NC(=O)[C@H]1COc2ccccc2O1)c1ccc2c(c1)OCO2. The zero-order valence-corrected chi connectivity index (χ0v) is 17.2. The van der Waals surface area contributed by atoms with Crippen LogP contribution in [0.4, 0.5) is 0 Å². The minimum atomic E-state index is -0.837. The molecule has 0 aliphatic carbocycles. The number of para-hydroxylation sites is 3. The third kappa shape index (κ3) is 4.42. The van der Waals surface area contributed by atoms with Gasteiger partial charge >= 0.3 is 5.97 Å². The molecule has 2 heterocycles. The lowest BCUT2D eigenvalue weighted by molar-refractivity contribution is -0.130. The maximum Gasteiger partial charge on any atom is 0.343 e. The number of carbonyl (C=O) groups is 2. The number of fused-ring (bicyclic) bond motifs is 2. The Labute approximate surface area is 188 Å². The summed E-state index contributed by atoms with van der Waals surface area (Å²) in [4.78, 5) is 25.0. The van der Waals surface area contributed by atoms with E-state index in [1.54, 1.807) is 60.7 Å². The van der Waals surface area contributed by atoms with Crippen molar-refractivity contribution in [3.05, 3.63) is 77.9 Å². The van der Waals surface area contributed by atoms with Crippen LogP contribution in [0.5, 0.6) is 28.7 Å². The van der Waals surface area contributed by atoms with Crippen molar-refractivity contribution >= 4 is 18.1 Å². The van der Waals surface area contributed by atoms with Gasteiger partial charge in [-0.2, -0.15) is 5.10 Å². The molecule has 5 rings (SSSR count). The predicted molar refractivity (Wildman–Crippen MR) is 116 cm³/mol. The Morgan fingerprint density at radius 3 is 2.58 bits per heavy atom. The molecule has 0 saturated heterocycles. The summed E-state index contributed by atoms with van der Waals surface area (Å²) in [5, 5.41) is 3.97. The van der Waals surface area contributed by atoms with Gasteiger partial charge in [0.25, 0.3) is 5.91 Å². The second kappa shape index (κ2) is 8.91. The summed E-state index contributed by atoms with van der Waals surface area (Å²) in [6.07, 6.45) is 0.550. The number of hydrazone groups is 1. The fourth-order valence-electron chi connectivity index (χ4n) is 3.25. The van der Waals surface area contributed by atoms with E-state index in [0.717, 1.165) is 0 Å². The molecule has 1 atom stereocenters. The van der Waals surface area contributed by atoms with Crippen LogP contribution >= 0.6 is 0 Å². The summed E-state index contributed by atoms with van der Waals surface area (Å²) in [5.74, 6) is 1.39. The number of benzene rings is 3. The van der Waals surface area contributed by atoms with E-state index in [0.29, 0.717) is 34.1 Å². The van der Waals surface area contributed by atoms with E-state index >= 15 is 0 Å². The third-order valence-corrected chi connectivity index (χ3v) is 4.91. The van der Waals surface area contributed by atoms with Gasteiger partial charge in [0.2, 0.25) is 12.9 Å². The number of nitrogens with zero attached hydrogens (tertiary/aromatic N) is 1. The number of esters is 1. The van der Waals surface area contributed by atoms with E-state index in [9.17, 15) is 9.59 Å². The van der Waals surface area contributed by atoms with E-state index < -0.39 is 18.0 Å². The zero-order chi connectivity index (χ0) is 22.6. The first-order valence-corrected chi connectivity index (χ1v) is 10.1. The summed E-state index contributed by atoms with van der Waals surface area (Å²) < 4.78 is 27.3. The normalized spacial score (nSPS) is 15.8. The Morgan fingerprint density at radius 2 is 1.67 bits per heavy atom. The Hall–Kier alpha value is -4.53. The van der Waals surface area contributed by atoms with Crippen molar-refractivity contribution in [1.29, 1.82) is 0 Å². The maximum absolute atomic E-state index is 12.6. The predicted octanol–water partition coefficient (Wildman–Crippen LogP) is 2.92. The summed E-state index contributed by atoms with van der Waals surface area (Å²) in [6.45, 7) is 0.186. The van der Waals surface area contributed by atoms with Crippen LogP contribution in [-0.2, 0) is 4.79 Å². The molecule has 0 unspecified atom stereocenters. The molecule has 9 nitrogen and oxygen atoms in total. The fraction of sp³-hybridized carbons (Fsp3) is 0.125. The lowest BCUT2D eigenvalue weighted by Crippen LogP contribution is -2.42. The van der Waals surface area contributed by atoms with E-state index in [1.807, 2.05) is 6.07 Å². The minimum absolute atomic E-state index is 0.0715. The van der Waals surface area contributed by atoms with Crippen LogP contribution in [0.15, 0.2) is 71.8 Å². The van der Waals surface area contributed by atoms with Crippen LogP contribution < -0.4 is 29.1 Å². The number of rotatable bonds is 5. The second-order valence-corrected chi connectivity index (χ2v) is 7.09. The minimum Gasteiger partial charge on any atom is -0.485 e. The van der Waals surface area contributed by atoms with Gasteiger partial charge in [-0.1, -0.05) is 24.3 Å². The molecule has 0 radical (unpaired) electrons. The topological polar surface area (TPSA) is 105 Å². The van der Waals surface area contributed by atoms with Crippen molar-refractivity contribution in [3.8, 4) is 28.7 Å². The van der Waals surface area contributed by atoms with Crippen molar-refractivity contribution in [2.75, 3.05) is 13.4 Å². The number of amides is 1. The second-order valence-electron chi connectivity index (χ2n) is 7.09. The maximum atomic E-state index is 12.6. The highest BCUT2D eigenvalue weighted by Crippen LogP contribution is 2.33. The molecule has 2 aliphatic rings. The largest absolute Gasteiger partial charge is 0.485 e. The van der Waals surface area contributed by atoms with Crippen molar-refractivity contribution < 1.29 is 33.3 Å². The molecule has 0 saturated carbocycles. The molecule has 0 fully saturated rings. The van der Waals surface area contributed by atoms with E-state index in [2.05, 4.69) is 10.5 Å². The highest BCUT2D eigenvalue weighted by Gasteiger charge is 2.27. The van der Waals surface area contributed by atoms with Crippen molar-refractivity contribution in [2.45, 2.75) is 6.10 Å². The molecule has 2 aliphatic heterocycles. The molecule has 0 spiro atoms. The van der Waals surface area contributed by atoms with Crippen LogP contribution in [0.2, 0.25) is 0 Å². The molecule has 9 heteroatoms. The number of hydrogen-bond acceptors (Lipinski definition) is 8. The van der Waals surface area contributed by atoms with Gasteiger partial charge in [0, 0.05) is 5.56 Å². The Morgan fingerprint density at radius 1 is 0.909 bits per heavy atom. The van der Waals surface area contributed by atoms with Crippen molar-refractivity contribution in [3.63, 3.8) is 0 Å². The quantitative estimate of drug-likeness (QED) is 0.278.